The summed E-state index contributed by atoms with van der Waals surface area (Å²) in [4.78, 5) is 0. The standard InChI is InChI=1S/C6H11BrO2/c7-4-5(8)6-2-1-3-9-6/h5-6,8H,1-4H2/t5-,6+/m0/s1. The molecule has 2 nitrogen and oxygen atoms in total. The van der Waals surface area contributed by atoms with E-state index >= 15 is 0 Å². The minimum absolute atomic E-state index is 0.0874. The zero-order chi connectivity index (χ0) is 6.69. The summed E-state index contributed by atoms with van der Waals surface area (Å²) >= 11 is 3.19. The first-order valence-electron chi connectivity index (χ1n) is 3.20. The summed E-state index contributed by atoms with van der Waals surface area (Å²) in [6, 6.07) is 0. The fraction of sp³-hybridized carbons (Fsp3) is 1.00. The van der Waals surface area contributed by atoms with Crippen LogP contribution in [-0.2, 0) is 4.74 Å². The van der Waals surface area contributed by atoms with Crippen LogP contribution in [0.4, 0.5) is 0 Å². The van der Waals surface area contributed by atoms with Gasteiger partial charge in [0.15, 0.2) is 0 Å². The van der Waals surface area contributed by atoms with E-state index in [1.807, 2.05) is 0 Å². The lowest BCUT2D eigenvalue weighted by atomic mass is 10.2. The van der Waals surface area contributed by atoms with Crippen molar-refractivity contribution in [1.29, 1.82) is 0 Å². The first-order valence-corrected chi connectivity index (χ1v) is 4.32. The Morgan fingerprint density at radius 2 is 2.56 bits per heavy atom. The number of aliphatic hydroxyl groups is 1. The molecule has 3 heteroatoms. The van der Waals surface area contributed by atoms with Gasteiger partial charge in [-0.2, -0.15) is 0 Å². The Balaban J connectivity index is 2.24. The lowest BCUT2D eigenvalue weighted by Crippen LogP contribution is -2.26. The molecule has 1 fully saturated rings. The highest BCUT2D eigenvalue weighted by molar-refractivity contribution is 9.09. The molecule has 0 aromatic carbocycles. The molecule has 0 aromatic heterocycles. The molecule has 0 amide bonds. The van der Waals surface area contributed by atoms with Crippen LogP contribution in [0.2, 0.25) is 0 Å². The van der Waals surface area contributed by atoms with Gasteiger partial charge in [-0.3, -0.25) is 0 Å². The van der Waals surface area contributed by atoms with E-state index in [4.69, 9.17) is 4.74 Å². The number of halogens is 1. The maximum Gasteiger partial charge on any atom is 0.0898 e. The van der Waals surface area contributed by atoms with Gasteiger partial charge in [-0.05, 0) is 12.8 Å². The van der Waals surface area contributed by atoms with Crippen LogP contribution in [-0.4, -0.2) is 29.3 Å². The van der Waals surface area contributed by atoms with Crippen molar-refractivity contribution in [3.63, 3.8) is 0 Å². The van der Waals surface area contributed by atoms with E-state index < -0.39 is 0 Å². The zero-order valence-electron chi connectivity index (χ0n) is 5.22. The molecule has 1 N–H and O–H groups in total. The lowest BCUT2D eigenvalue weighted by molar-refractivity contribution is 0.0116. The number of hydrogen-bond donors (Lipinski definition) is 1. The van der Waals surface area contributed by atoms with E-state index in [0.717, 1.165) is 19.4 Å². The molecule has 0 radical (unpaired) electrons. The SMILES string of the molecule is O[C@@H](CBr)[C@H]1CCCO1. The van der Waals surface area contributed by atoms with Gasteiger partial charge >= 0.3 is 0 Å². The molecule has 0 bridgehead atoms. The van der Waals surface area contributed by atoms with Crippen molar-refractivity contribution in [1.82, 2.24) is 0 Å². The molecular weight excluding hydrogens is 184 g/mol. The zero-order valence-corrected chi connectivity index (χ0v) is 6.80. The largest absolute Gasteiger partial charge is 0.390 e. The van der Waals surface area contributed by atoms with Crippen molar-refractivity contribution in [3.05, 3.63) is 0 Å². The second-order valence-corrected chi connectivity index (χ2v) is 2.92. The number of rotatable bonds is 2. The Hall–Kier alpha value is 0.400. The first kappa shape index (κ1) is 7.51. The second-order valence-electron chi connectivity index (χ2n) is 2.27. The molecule has 1 aliphatic rings. The van der Waals surface area contributed by atoms with Crippen LogP contribution < -0.4 is 0 Å². The molecule has 1 saturated heterocycles. The highest BCUT2D eigenvalue weighted by Crippen LogP contribution is 2.16. The average molecular weight is 195 g/mol. The van der Waals surface area contributed by atoms with Crippen LogP contribution in [0.25, 0.3) is 0 Å². The highest BCUT2D eigenvalue weighted by atomic mass is 79.9. The predicted octanol–water partition coefficient (Wildman–Crippen LogP) is 0.921. The van der Waals surface area contributed by atoms with E-state index in [1.54, 1.807) is 0 Å². The third-order valence-corrected chi connectivity index (χ3v) is 2.22. The van der Waals surface area contributed by atoms with Gasteiger partial charge in [0, 0.05) is 11.9 Å². The van der Waals surface area contributed by atoms with Gasteiger partial charge in [-0.1, -0.05) is 15.9 Å². The van der Waals surface area contributed by atoms with Crippen LogP contribution in [0, 0.1) is 0 Å². The lowest BCUT2D eigenvalue weighted by Gasteiger charge is -2.13. The fourth-order valence-electron chi connectivity index (χ4n) is 1.01. The van der Waals surface area contributed by atoms with Crippen LogP contribution in [0.3, 0.4) is 0 Å². The van der Waals surface area contributed by atoms with Crippen LogP contribution in [0.1, 0.15) is 12.8 Å². The molecule has 1 aliphatic heterocycles. The number of ether oxygens (including phenoxy) is 1. The molecule has 1 rings (SSSR count). The van der Waals surface area contributed by atoms with E-state index in [9.17, 15) is 5.11 Å². The topological polar surface area (TPSA) is 29.5 Å². The van der Waals surface area contributed by atoms with Gasteiger partial charge in [0.25, 0.3) is 0 Å². The Morgan fingerprint density at radius 1 is 1.78 bits per heavy atom. The fourth-order valence-corrected chi connectivity index (χ4v) is 1.42. The molecule has 1 heterocycles. The second kappa shape index (κ2) is 3.54. The molecule has 0 saturated carbocycles. The molecule has 9 heavy (non-hydrogen) atoms. The predicted molar refractivity (Wildman–Crippen MR) is 38.8 cm³/mol. The summed E-state index contributed by atoms with van der Waals surface area (Å²) in [5, 5.41) is 9.81. The van der Waals surface area contributed by atoms with Gasteiger partial charge < -0.3 is 9.84 Å². The highest BCUT2D eigenvalue weighted by Gasteiger charge is 2.22. The average Bonchev–Trinajstić information content (AvgIpc) is 2.37. The van der Waals surface area contributed by atoms with E-state index in [-0.39, 0.29) is 12.2 Å². The van der Waals surface area contributed by atoms with Crippen molar-refractivity contribution in [3.8, 4) is 0 Å². The van der Waals surface area contributed by atoms with Crippen molar-refractivity contribution in [2.24, 2.45) is 0 Å². The summed E-state index contributed by atoms with van der Waals surface area (Å²) in [6.07, 6.45) is 1.87. The summed E-state index contributed by atoms with van der Waals surface area (Å²) < 4.78 is 5.23. The van der Waals surface area contributed by atoms with Gasteiger partial charge in [-0.15, -0.1) is 0 Å². The third kappa shape index (κ3) is 1.92. The monoisotopic (exact) mass is 194 g/mol. The minimum Gasteiger partial charge on any atom is -0.390 e. The van der Waals surface area contributed by atoms with Crippen molar-refractivity contribution >= 4 is 15.9 Å². The summed E-state index contributed by atoms with van der Waals surface area (Å²) in [6.45, 7) is 0.814. The molecule has 0 aromatic rings. The van der Waals surface area contributed by atoms with Crippen molar-refractivity contribution in [2.75, 3.05) is 11.9 Å². The molecule has 0 unspecified atom stereocenters. The minimum atomic E-state index is -0.313. The van der Waals surface area contributed by atoms with E-state index in [2.05, 4.69) is 15.9 Å². The number of aliphatic hydroxyl groups excluding tert-OH is 1. The maximum absolute atomic E-state index is 9.19. The van der Waals surface area contributed by atoms with Crippen LogP contribution in [0.15, 0.2) is 0 Å². The maximum atomic E-state index is 9.19. The Bertz CT molecular complexity index is 81.1. The van der Waals surface area contributed by atoms with Gasteiger partial charge in [0.05, 0.1) is 12.2 Å². The van der Waals surface area contributed by atoms with Crippen LogP contribution in [0.5, 0.6) is 0 Å². The molecular formula is C6H11BrO2. The summed E-state index contributed by atoms with van der Waals surface area (Å²) in [5.41, 5.74) is 0. The van der Waals surface area contributed by atoms with Crippen LogP contribution >= 0.6 is 15.9 Å². The number of hydrogen-bond acceptors (Lipinski definition) is 2. The Labute approximate surface area is 63.3 Å². The summed E-state index contributed by atoms with van der Waals surface area (Å²) in [5.74, 6) is 0. The Morgan fingerprint density at radius 3 is 3.00 bits per heavy atom. The van der Waals surface area contributed by atoms with Gasteiger partial charge in [0.1, 0.15) is 0 Å². The Kier molecular flexibility index (Phi) is 2.95. The third-order valence-electron chi connectivity index (χ3n) is 1.55. The quantitative estimate of drug-likeness (QED) is 0.664. The van der Waals surface area contributed by atoms with E-state index in [0.29, 0.717) is 5.33 Å². The smallest absolute Gasteiger partial charge is 0.0898 e. The summed E-state index contributed by atoms with van der Waals surface area (Å²) in [7, 11) is 0. The van der Waals surface area contributed by atoms with Gasteiger partial charge in [-0.25, -0.2) is 0 Å². The van der Waals surface area contributed by atoms with Crippen molar-refractivity contribution < 1.29 is 9.84 Å². The molecule has 54 valence electrons. The van der Waals surface area contributed by atoms with Crippen molar-refractivity contribution in [2.45, 2.75) is 25.0 Å². The normalized spacial score (nSPS) is 30.7. The number of alkyl halides is 1. The van der Waals surface area contributed by atoms with Gasteiger partial charge in [0.2, 0.25) is 0 Å². The van der Waals surface area contributed by atoms with E-state index in [1.165, 1.54) is 0 Å². The molecule has 0 spiro atoms. The molecule has 2 atom stereocenters. The first-order chi connectivity index (χ1) is 4.34. The molecule has 0 aliphatic carbocycles.